The highest BCUT2D eigenvalue weighted by atomic mass is 19.2. The van der Waals surface area contributed by atoms with Crippen molar-refractivity contribution in [1.82, 2.24) is 0 Å². The maximum atomic E-state index is 15.9. The van der Waals surface area contributed by atoms with E-state index >= 15 is 17.6 Å². The largest absolute Gasteiger partial charge is 0.452 e. The molecule has 2 aliphatic rings. The van der Waals surface area contributed by atoms with Crippen molar-refractivity contribution in [3.63, 3.8) is 0 Å². The number of halogens is 4. The summed E-state index contributed by atoms with van der Waals surface area (Å²) in [5, 5.41) is 1.47. The van der Waals surface area contributed by atoms with E-state index in [9.17, 15) is 0 Å². The third kappa shape index (κ3) is 7.73. The normalized spacial score (nSPS) is 15.5. The fourth-order valence-electron chi connectivity index (χ4n) is 13.8. The van der Waals surface area contributed by atoms with Crippen LogP contribution in [0.1, 0.15) is 55.6 Å². The maximum Gasteiger partial charge on any atom is 0.160 e. The van der Waals surface area contributed by atoms with Gasteiger partial charge in [-0.05, 0) is 139 Å². The molecule has 1 aromatic heterocycles. The molecule has 0 saturated heterocycles. The molecule has 0 aliphatic heterocycles. The first kappa shape index (κ1) is 51.1. The summed E-state index contributed by atoms with van der Waals surface area (Å²) in [6.07, 6.45) is 3.67. The van der Waals surface area contributed by atoms with Crippen molar-refractivity contribution in [2.45, 2.75) is 10.8 Å². The fraction of sp³-hybridized carbons (Fsp3) is 0.0256. The van der Waals surface area contributed by atoms with Crippen LogP contribution in [0.2, 0.25) is 0 Å². The lowest BCUT2D eigenvalue weighted by Crippen LogP contribution is -2.28. The quantitative estimate of drug-likeness (QED) is 0.114. The molecule has 12 aromatic carbocycles. The van der Waals surface area contributed by atoms with Gasteiger partial charge in [-0.25, -0.2) is 17.6 Å². The Balaban J connectivity index is 0.962. The Morgan fingerprint density at radius 2 is 0.659 bits per heavy atom. The standard InChI is InChI=1S/C78H50F4N2O/c1-3-49-29-33-53(34-30-49)77(51-17-7-5-8-18-51)65-25-13-11-21-59(65)61-41-37-55(45-67(61)77)83(57-39-43-69(79)71(81)47-57)73-27-15-23-63-64-24-16-28-74(76(64)85-75(63)73)84(58-40-44-70(80)72(82)48-58)56-38-42-62-60-22-12-14-26-66(60)78(68(62)46-56,52-19-9-6-10-20-52)54-35-31-50(4-2)32-36-54/h3-48H,1-2H2. The molecule has 406 valence electrons. The van der Waals surface area contributed by atoms with E-state index in [0.29, 0.717) is 45.3 Å². The van der Waals surface area contributed by atoms with Crippen LogP contribution in [0.4, 0.5) is 51.7 Å². The van der Waals surface area contributed by atoms with Gasteiger partial charge in [0.25, 0.3) is 0 Å². The van der Waals surface area contributed by atoms with Crippen LogP contribution in [0, 0.1) is 23.3 Å². The Morgan fingerprint density at radius 1 is 0.306 bits per heavy atom. The van der Waals surface area contributed by atoms with Crippen LogP contribution >= 0.6 is 0 Å². The predicted octanol–water partition coefficient (Wildman–Crippen LogP) is 21.1. The summed E-state index contributed by atoms with van der Waals surface area (Å²) in [7, 11) is 0. The summed E-state index contributed by atoms with van der Waals surface area (Å²) in [5.74, 6) is -3.99. The van der Waals surface area contributed by atoms with Crippen LogP contribution in [0.5, 0.6) is 0 Å². The topological polar surface area (TPSA) is 19.6 Å². The third-order valence-electron chi connectivity index (χ3n) is 17.4. The van der Waals surface area contributed by atoms with Gasteiger partial charge in [0.2, 0.25) is 0 Å². The highest BCUT2D eigenvalue weighted by Gasteiger charge is 2.48. The van der Waals surface area contributed by atoms with Crippen LogP contribution in [0.15, 0.2) is 284 Å². The van der Waals surface area contributed by atoms with Gasteiger partial charge < -0.3 is 14.2 Å². The number of nitrogens with zero attached hydrogens (tertiary/aromatic N) is 2. The van der Waals surface area contributed by atoms with Gasteiger partial charge in [0, 0.05) is 45.7 Å². The van der Waals surface area contributed by atoms with Gasteiger partial charge in [-0.15, -0.1) is 0 Å². The third-order valence-corrected chi connectivity index (χ3v) is 17.4. The van der Waals surface area contributed by atoms with Crippen molar-refractivity contribution >= 4 is 68.2 Å². The summed E-state index contributed by atoms with van der Waals surface area (Å²) in [6.45, 7) is 8.08. The first-order valence-electron chi connectivity index (χ1n) is 28.2. The smallest absolute Gasteiger partial charge is 0.160 e. The first-order valence-corrected chi connectivity index (χ1v) is 28.2. The van der Waals surface area contributed by atoms with Gasteiger partial charge in [0.15, 0.2) is 34.4 Å². The van der Waals surface area contributed by atoms with Crippen LogP contribution in [-0.2, 0) is 10.8 Å². The SMILES string of the molecule is C=Cc1ccc(C2(c3ccccc3)c3ccccc3-c3ccc(N(c4ccc(F)c(F)c4)c4cccc5c4oc4c(N(c6ccc(F)c(F)c6)c6ccc7c(c6)C(c6ccccc6)(c6ccc(C=C)cc6)c6ccccc6-7)cccc45)cc32)cc1. The summed E-state index contributed by atoms with van der Waals surface area (Å²) in [5.41, 5.74) is 17.1. The minimum absolute atomic E-state index is 0.353. The molecule has 7 heteroatoms. The van der Waals surface area contributed by atoms with Crippen molar-refractivity contribution in [1.29, 1.82) is 0 Å². The number of para-hydroxylation sites is 2. The lowest BCUT2D eigenvalue weighted by molar-refractivity contribution is 0.509. The number of benzene rings is 12. The molecular weight excluding hydrogens is 1060 g/mol. The lowest BCUT2D eigenvalue weighted by atomic mass is 9.67. The molecule has 2 aliphatic carbocycles. The predicted molar refractivity (Wildman–Crippen MR) is 338 cm³/mol. The average Bonchev–Trinajstić information content (AvgIpc) is 1.67. The average molecular weight is 1110 g/mol. The van der Waals surface area contributed by atoms with E-state index in [4.69, 9.17) is 4.42 Å². The summed E-state index contributed by atoms with van der Waals surface area (Å²) in [4.78, 5) is 3.84. The van der Waals surface area contributed by atoms with Gasteiger partial charge in [-0.1, -0.05) is 219 Å². The van der Waals surface area contributed by atoms with Crippen molar-refractivity contribution < 1.29 is 22.0 Å². The zero-order chi connectivity index (χ0) is 57.6. The highest BCUT2D eigenvalue weighted by molar-refractivity contribution is 6.14. The van der Waals surface area contributed by atoms with Gasteiger partial charge in [-0.3, -0.25) is 0 Å². The Morgan fingerprint density at radius 3 is 1.06 bits per heavy atom. The molecule has 13 aromatic rings. The Bertz CT molecular complexity index is 4520. The molecule has 0 amide bonds. The fourth-order valence-corrected chi connectivity index (χ4v) is 13.8. The molecule has 3 nitrogen and oxygen atoms in total. The molecule has 0 spiro atoms. The molecule has 1 heterocycles. The van der Waals surface area contributed by atoms with E-state index in [0.717, 1.165) is 101 Å². The number of fused-ring (bicyclic) bond motifs is 9. The molecule has 0 fully saturated rings. The van der Waals surface area contributed by atoms with E-state index in [1.165, 1.54) is 12.1 Å². The number of anilines is 6. The van der Waals surface area contributed by atoms with Crippen molar-refractivity contribution in [3.05, 3.63) is 359 Å². The Kier molecular flexibility index (Phi) is 12.0. The molecule has 0 N–H and O–H groups in total. The number of furan rings is 1. The van der Waals surface area contributed by atoms with Gasteiger partial charge >= 0.3 is 0 Å². The molecule has 15 rings (SSSR count). The minimum Gasteiger partial charge on any atom is -0.452 e. The van der Waals surface area contributed by atoms with Crippen molar-refractivity contribution in [3.8, 4) is 22.3 Å². The van der Waals surface area contributed by atoms with E-state index < -0.39 is 34.1 Å². The van der Waals surface area contributed by atoms with E-state index in [2.05, 4.69) is 183 Å². The van der Waals surface area contributed by atoms with Gasteiger partial charge in [-0.2, -0.15) is 0 Å². The molecule has 0 bridgehead atoms. The number of hydrogen-bond acceptors (Lipinski definition) is 3. The molecule has 85 heavy (non-hydrogen) atoms. The first-order chi connectivity index (χ1) is 41.7. The Hall–Kier alpha value is -10.8. The molecule has 0 saturated carbocycles. The molecule has 0 radical (unpaired) electrons. The lowest BCUT2D eigenvalue weighted by Gasteiger charge is -2.35. The maximum absolute atomic E-state index is 15.9. The summed E-state index contributed by atoms with van der Waals surface area (Å²) >= 11 is 0. The number of hydrogen-bond donors (Lipinski definition) is 0. The van der Waals surface area contributed by atoms with Crippen LogP contribution in [0.25, 0.3) is 56.3 Å². The van der Waals surface area contributed by atoms with Crippen molar-refractivity contribution in [2.24, 2.45) is 0 Å². The van der Waals surface area contributed by atoms with E-state index in [-0.39, 0.29) is 0 Å². The summed E-state index contributed by atoms with van der Waals surface area (Å²) in [6, 6.07) is 87.0. The van der Waals surface area contributed by atoms with E-state index in [1.807, 2.05) is 82.6 Å². The second-order valence-electron chi connectivity index (χ2n) is 21.7. The van der Waals surface area contributed by atoms with Crippen LogP contribution in [0.3, 0.4) is 0 Å². The molecule has 2 atom stereocenters. The van der Waals surface area contributed by atoms with Crippen LogP contribution in [-0.4, -0.2) is 0 Å². The molecular formula is C78H50F4N2O. The summed E-state index contributed by atoms with van der Waals surface area (Å²) < 4.78 is 69.6. The molecule has 2 unspecified atom stereocenters. The Labute approximate surface area is 489 Å². The van der Waals surface area contributed by atoms with Gasteiger partial charge in [0.1, 0.15) is 0 Å². The number of rotatable bonds is 12. The highest BCUT2D eigenvalue weighted by Crippen LogP contribution is 2.60. The van der Waals surface area contributed by atoms with Crippen LogP contribution < -0.4 is 9.80 Å². The second-order valence-corrected chi connectivity index (χ2v) is 21.7. The second kappa shape index (κ2) is 20.0. The van der Waals surface area contributed by atoms with Crippen molar-refractivity contribution in [2.75, 3.05) is 9.80 Å². The minimum atomic E-state index is -1.01. The zero-order valence-electron chi connectivity index (χ0n) is 45.8. The monoisotopic (exact) mass is 1110 g/mol. The van der Waals surface area contributed by atoms with E-state index in [1.54, 1.807) is 12.1 Å². The van der Waals surface area contributed by atoms with Gasteiger partial charge in [0.05, 0.1) is 22.2 Å². The zero-order valence-corrected chi connectivity index (χ0v) is 45.8.